The monoisotopic (exact) mass is 311 g/mol. The third-order valence-corrected chi connectivity index (χ3v) is 5.56. The van der Waals surface area contributed by atoms with E-state index in [0.717, 1.165) is 24.9 Å². The lowest BCUT2D eigenvalue weighted by Crippen LogP contribution is -2.38. The average molecular weight is 311 g/mol. The maximum Gasteiger partial charge on any atom is 0.175 e. The van der Waals surface area contributed by atoms with Gasteiger partial charge >= 0.3 is 0 Å². The summed E-state index contributed by atoms with van der Waals surface area (Å²) in [6.07, 6.45) is 7.06. The number of hydrogen-bond acceptors (Lipinski definition) is 4. The van der Waals surface area contributed by atoms with Gasteiger partial charge in [-0.1, -0.05) is 31.4 Å². The van der Waals surface area contributed by atoms with Gasteiger partial charge in [0, 0.05) is 31.4 Å². The van der Waals surface area contributed by atoms with Crippen molar-refractivity contribution in [3.8, 4) is 0 Å². The first-order chi connectivity index (χ1) is 9.95. The summed E-state index contributed by atoms with van der Waals surface area (Å²) in [6.45, 7) is 1.76. The minimum absolute atomic E-state index is 0.0327. The number of hydrogen-bond donors (Lipinski definition) is 2. The summed E-state index contributed by atoms with van der Waals surface area (Å²) >= 11 is 0. The van der Waals surface area contributed by atoms with Crippen LogP contribution in [0.1, 0.15) is 37.7 Å². The molecule has 1 aliphatic rings. The van der Waals surface area contributed by atoms with E-state index >= 15 is 0 Å². The molecule has 1 aromatic carbocycles. The van der Waals surface area contributed by atoms with Crippen LogP contribution in [0.5, 0.6) is 0 Å². The highest BCUT2D eigenvalue weighted by Crippen LogP contribution is 2.35. The lowest BCUT2D eigenvalue weighted by atomic mass is 9.74. The van der Waals surface area contributed by atoms with E-state index in [4.69, 9.17) is 0 Å². The highest BCUT2D eigenvalue weighted by Gasteiger charge is 2.30. The highest BCUT2D eigenvalue weighted by atomic mass is 32.2. The zero-order chi connectivity index (χ0) is 15.3. The molecule has 0 heterocycles. The molecule has 0 aliphatic heterocycles. The van der Waals surface area contributed by atoms with Crippen LogP contribution >= 0.6 is 0 Å². The lowest BCUT2D eigenvalue weighted by molar-refractivity contribution is 0.0810. The Kier molecular flexibility index (Phi) is 5.41. The van der Waals surface area contributed by atoms with Gasteiger partial charge in [-0.2, -0.15) is 0 Å². The van der Waals surface area contributed by atoms with Crippen LogP contribution in [0, 0.1) is 5.41 Å². The Balaban J connectivity index is 1.88. The third-order valence-electron chi connectivity index (χ3n) is 4.43. The molecular formula is C16H25NO3S. The molecule has 0 radical (unpaired) electrons. The second-order valence-corrected chi connectivity index (χ2v) is 8.25. The van der Waals surface area contributed by atoms with Gasteiger partial charge in [0.1, 0.15) is 0 Å². The molecule has 1 aliphatic carbocycles. The highest BCUT2D eigenvalue weighted by molar-refractivity contribution is 7.90. The quantitative estimate of drug-likeness (QED) is 0.844. The van der Waals surface area contributed by atoms with Crippen LogP contribution in [0.2, 0.25) is 0 Å². The molecule has 0 spiro atoms. The zero-order valence-electron chi connectivity index (χ0n) is 12.6. The van der Waals surface area contributed by atoms with Crippen molar-refractivity contribution in [2.75, 3.05) is 19.4 Å². The van der Waals surface area contributed by atoms with Crippen molar-refractivity contribution in [1.82, 2.24) is 5.32 Å². The number of benzene rings is 1. The van der Waals surface area contributed by atoms with E-state index in [1.165, 1.54) is 25.5 Å². The van der Waals surface area contributed by atoms with Crippen LogP contribution in [0.3, 0.4) is 0 Å². The standard InChI is InChI=1S/C16H25NO3S/c1-21(19,20)15-7-5-14(6-8-15)11-17-12-16(13-18)9-3-2-4-10-16/h5-8,17-18H,2-4,9-13H2,1H3. The largest absolute Gasteiger partial charge is 0.396 e. The Morgan fingerprint density at radius 3 is 2.29 bits per heavy atom. The van der Waals surface area contributed by atoms with Crippen molar-refractivity contribution >= 4 is 9.84 Å². The number of nitrogens with one attached hydrogen (secondary N) is 1. The van der Waals surface area contributed by atoms with Crippen molar-refractivity contribution in [3.63, 3.8) is 0 Å². The molecule has 1 aromatic rings. The van der Waals surface area contributed by atoms with Gasteiger partial charge in [-0.05, 0) is 30.5 Å². The smallest absolute Gasteiger partial charge is 0.175 e. The first-order valence-electron chi connectivity index (χ1n) is 7.56. The Bertz CT molecular complexity index is 545. The van der Waals surface area contributed by atoms with Gasteiger partial charge in [0.05, 0.1) is 4.90 Å². The normalized spacial score (nSPS) is 18.6. The Morgan fingerprint density at radius 1 is 1.14 bits per heavy atom. The van der Waals surface area contributed by atoms with E-state index in [0.29, 0.717) is 11.4 Å². The van der Waals surface area contributed by atoms with E-state index < -0.39 is 9.84 Å². The molecule has 0 unspecified atom stereocenters. The van der Waals surface area contributed by atoms with Gasteiger partial charge in [-0.15, -0.1) is 0 Å². The van der Waals surface area contributed by atoms with Gasteiger partial charge in [0.15, 0.2) is 9.84 Å². The average Bonchev–Trinajstić information content (AvgIpc) is 2.48. The molecule has 118 valence electrons. The summed E-state index contributed by atoms with van der Waals surface area (Å²) in [6, 6.07) is 6.98. The van der Waals surface area contributed by atoms with Crippen LogP contribution in [0.15, 0.2) is 29.2 Å². The van der Waals surface area contributed by atoms with Crippen LogP contribution in [-0.4, -0.2) is 32.9 Å². The summed E-state index contributed by atoms with van der Waals surface area (Å²) in [4.78, 5) is 0.352. The molecule has 21 heavy (non-hydrogen) atoms. The fourth-order valence-electron chi connectivity index (χ4n) is 3.02. The molecule has 0 bridgehead atoms. The number of aliphatic hydroxyl groups is 1. The van der Waals surface area contributed by atoms with Gasteiger partial charge in [0.2, 0.25) is 0 Å². The predicted molar refractivity (Wildman–Crippen MR) is 83.9 cm³/mol. The maximum atomic E-state index is 11.4. The third kappa shape index (κ3) is 4.53. The molecule has 0 saturated heterocycles. The van der Waals surface area contributed by atoms with Gasteiger partial charge in [-0.25, -0.2) is 8.42 Å². The molecular weight excluding hydrogens is 286 g/mol. The maximum absolute atomic E-state index is 11.4. The number of aliphatic hydroxyl groups excluding tert-OH is 1. The SMILES string of the molecule is CS(=O)(=O)c1ccc(CNCC2(CO)CCCCC2)cc1. The van der Waals surface area contributed by atoms with E-state index in [1.54, 1.807) is 12.1 Å². The van der Waals surface area contributed by atoms with Crippen LogP contribution in [0.4, 0.5) is 0 Å². The number of sulfone groups is 1. The van der Waals surface area contributed by atoms with Crippen molar-refractivity contribution in [2.24, 2.45) is 5.41 Å². The van der Waals surface area contributed by atoms with E-state index in [-0.39, 0.29) is 12.0 Å². The molecule has 2 N–H and O–H groups in total. The molecule has 1 fully saturated rings. The Hall–Kier alpha value is -0.910. The van der Waals surface area contributed by atoms with Crippen LogP contribution in [0.25, 0.3) is 0 Å². The molecule has 0 amide bonds. The first kappa shape index (κ1) is 16.5. The van der Waals surface area contributed by atoms with E-state index in [1.807, 2.05) is 12.1 Å². The molecule has 1 saturated carbocycles. The minimum atomic E-state index is -3.12. The second-order valence-electron chi connectivity index (χ2n) is 6.24. The topological polar surface area (TPSA) is 66.4 Å². The van der Waals surface area contributed by atoms with E-state index in [9.17, 15) is 13.5 Å². The van der Waals surface area contributed by atoms with Crippen LogP contribution in [-0.2, 0) is 16.4 Å². The van der Waals surface area contributed by atoms with Gasteiger partial charge < -0.3 is 10.4 Å². The molecule has 5 heteroatoms. The minimum Gasteiger partial charge on any atom is -0.396 e. The Morgan fingerprint density at radius 2 is 1.76 bits per heavy atom. The van der Waals surface area contributed by atoms with Crippen LogP contribution < -0.4 is 5.32 Å². The summed E-state index contributed by atoms with van der Waals surface area (Å²) in [5.41, 5.74) is 1.09. The fraction of sp³-hybridized carbons (Fsp3) is 0.625. The van der Waals surface area contributed by atoms with Gasteiger partial charge in [0.25, 0.3) is 0 Å². The predicted octanol–water partition coefficient (Wildman–Crippen LogP) is 2.12. The molecule has 0 aromatic heterocycles. The summed E-state index contributed by atoms with van der Waals surface area (Å²) in [5, 5.41) is 13.1. The molecule has 4 nitrogen and oxygen atoms in total. The summed E-state index contributed by atoms with van der Waals surface area (Å²) in [5.74, 6) is 0. The van der Waals surface area contributed by atoms with Crippen molar-refractivity contribution < 1.29 is 13.5 Å². The summed E-state index contributed by atoms with van der Waals surface area (Å²) in [7, 11) is -3.12. The fourth-order valence-corrected chi connectivity index (χ4v) is 3.65. The lowest BCUT2D eigenvalue weighted by Gasteiger charge is -2.35. The Labute approximate surface area is 127 Å². The molecule has 0 atom stereocenters. The van der Waals surface area contributed by atoms with E-state index in [2.05, 4.69) is 5.32 Å². The number of rotatable bonds is 6. The first-order valence-corrected chi connectivity index (χ1v) is 9.45. The van der Waals surface area contributed by atoms with Crippen molar-refractivity contribution in [1.29, 1.82) is 0 Å². The van der Waals surface area contributed by atoms with Crippen molar-refractivity contribution in [2.45, 2.75) is 43.5 Å². The van der Waals surface area contributed by atoms with Crippen molar-refractivity contribution in [3.05, 3.63) is 29.8 Å². The zero-order valence-corrected chi connectivity index (χ0v) is 13.5. The van der Waals surface area contributed by atoms with Gasteiger partial charge in [-0.3, -0.25) is 0 Å². The molecule has 2 rings (SSSR count). The summed E-state index contributed by atoms with van der Waals surface area (Å²) < 4.78 is 22.8. The second kappa shape index (κ2) is 6.90.